The van der Waals surface area contributed by atoms with Crippen molar-refractivity contribution in [2.45, 2.75) is 58.8 Å². The molecule has 64 valence electrons. The molecule has 0 N–H and O–H groups in total. The van der Waals surface area contributed by atoms with Crippen LogP contribution in [-0.2, 0) is 0 Å². The maximum Gasteiger partial charge on any atom is 0.136 e. The van der Waals surface area contributed by atoms with Crippen molar-refractivity contribution in [1.29, 1.82) is 0 Å². The highest BCUT2D eigenvalue weighted by Gasteiger charge is 2.04. The van der Waals surface area contributed by atoms with Gasteiger partial charge in [0.05, 0.1) is 0 Å². The van der Waals surface area contributed by atoms with E-state index in [1.165, 1.54) is 45.5 Å². The molecular formula is C9H22B2. The molecule has 0 heterocycles. The van der Waals surface area contributed by atoms with Crippen LogP contribution in [-0.4, -0.2) is 14.0 Å². The van der Waals surface area contributed by atoms with Crippen molar-refractivity contribution in [1.82, 2.24) is 0 Å². The normalized spacial score (nSPS) is 9.73. The Labute approximate surface area is 73.5 Å². The Bertz CT molecular complexity index is 74.0. The molecule has 0 rings (SSSR count). The van der Waals surface area contributed by atoms with Crippen LogP contribution in [0.25, 0.3) is 0 Å². The molecule has 0 amide bonds. The second kappa shape index (κ2) is 8.23. The monoisotopic (exact) mass is 152 g/mol. The molecule has 0 aliphatic heterocycles. The average Bonchev–Trinajstić information content (AvgIpc) is 2.01. The van der Waals surface area contributed by atoms with E-state index in [-0.39, 0.29) is 0 Å². The second-order valence-electron chi connectivity index (χ2n) is 3.74. The van der Waals surface area contributed by atoms with Gasteiger partial charge in [0, 0.05) is 0 Å². The lowest BCUT2D eigenvalue weighted by Gasteiger charge is -2.05. The highest BCUT2D eigenvalue weighted by Crippen LogP contribution is 2.09. The lowest BCUT2D eigenvalue weighted by Crippen LogP contribution is -2.05. The van der Waals surface area contributed by atoms with Gasteiger partial charge in [-0.2, -0.15) is 0 Å². The largest absolute Gasteiger partial charge is 0.136 e. The minimum absolute atomic E-state index is 0.974. The molecule has 0 radical (unpaired) electrons. The van der Waals surface area contributed by atoms with E-state index in [1.807, 2.05) is 0 Å². The third-order valence-electron chi connectivity index (χ3n) is 2.35. The van der Waals surface area contributed by atoms with Gasteiger partial charge in [0.15, 0.2) is 0 Å². The zero-order valence-corrected chi connectivity index (χ0v) is 8.53. The van der Waals surface area contributed by atoms with Crippen molar-refractivity contribution in [3.05, 3.63) is 0 Å². The Kier molecular flexibility index (Phi) is 8.33. The second-order valence-corrected chi connectivity index (χ2v) is 3.74. The molecule has 0 spiro atoms. The van der Waals surface area contributed by atoms with E-state index in [4.69, 9.17) is 0 Å². The summed E-state index contributed by atoms with van der Waals surface area (Å²) in [5, 5.41) is 0. The Morgan fingerprint density at radius 3 is 2.36 bits per heavy atom. The van der Waals surface area contributed by atoms with E-state index in [2.05, 4.69) is 20.6 Å². The topological polar surface area (TPSA) is 0 Å². The van der Waals surface area contributed by atoms with Crippen LogP contribution in [0, 0.1) is 0 Å². The van der Waals surface area contributed by atoms with Crippen LogP contribution in [0.3, 0.4) is 0 Å². The molecule has 0 aromatic heterocycles. The van der Waals surface area contributed by atoms with E-state index in [1.54, 1.807) is 0 Å². The van der Waals surface area contributed by atoms with Crippen molar-refractivity contribution in [2.75, 3.05) is 0 Å². The summed E-state index contributed by atoms with van der Waals surface area (Å²) in [7, 11) is 1.36. The minimum atomic E-state index is 0.974. The summed E-state index contributed by atoms with van der Waals surface area (Å²) in [5.41, 5.74) is 0. The fourth-order valence-corrected chi connectivity index (χ4v) is 1.44. The number of hydrogen-bond acceptors (Lipinski definition) is 0. The van der Waals surface area contributed by atoms with Crippen molar-refractivity contribution < 1.29 is 0 Å². The summed E-state index contributed by atoms with van der Waals surface area (Å²) in [5.74, 6) is 0. The van der Waals surface area contributed by atoms with Gasteiger partial charge in [0.1, 0.15) is 14.0 Å². The lowest BCUT2D eigenvalue weighted by molar-refractivity contribution is 0.867. The number of unbranched alkanes of at least 4 members (excludes halogenated alkanes) is 1. The van der Waals surface area contributed by atoms with Gasteiger partial charge in [-0.05, 0) is 0 Å². The molecule has 0 unspecified atom stereocenters. The first-order valence-corrected chi connectivity index (χ1v) is 5.31. The van der Waals surface area contributed by atoms with Gasteiger partial charge in [-0.3, -0.25) is 0 Å². The zero-order chi connectivity index (χ0) is 8.53. The standard InChI is InChI=1S/C9H22B2/c1-4-5-8-11(3)9-6-7-10-2/h10H,4-9H2,1-3H3. The SMILES string of the molecule is CBCCCB(C)CCCC. The van der Waals surface area contributed by atoms with Crippen LogP contribution in [0.1, 0.15) is 26.2 Å². The fourth-order valence-electron chi connectivity index (χ4n) is 1.44. The molecule has 0 aromatic carbocycles. The number of hydrogen-bond donors (Lipinski definition) is 0. The number of rotatable bonds is 7. The highest BCUT2D eigenvalue weighted by molar-refractivity contribution is 6.57. The maximum atomic E-state index is 2.39. The summed E-state index contributed by atoms with van der Waals surface area (Å²) in [6.07, 6.45) is 8.55. The highest BCUT2D eigenvalue weighted by atomic mass is 13.8. The van der Waals surface area contributed by atoms with Gasteiger partial charge in [-0.1, -0.05) is 58.8 Å². The quantitative estimate of drug-likeness (QED) is 0.388. The summed E-state index contributed by atoms with van der Waals surface area (Å²) in [4.78, 5) is 0. The smallest absolute Gasteiger partial charge is 0.0893 e. The van der Waals surface area contributed by atoms with Gasteiger partial charge in [0.25, 0.3) is 0 Å². The van der Waals surface area contributed by atoms with E-state index in [0.29, 0.717) is 0 Å². The molecule has 0 nitrogen and oxygen atoms in total. The van der Waals surface area contributed by atoms with E-state index < -0.39 is 0 Å². The molecule has 0 aliphatic carbocycles. The van der Waals surface area contributed by atoms with Crippen LogP contribution >= 0.6 is 0 Å². The molecule has 11 heavy (non-hydrogen) atoms. The van der Waals surface area contributed by atoms with Crippen molar-refractivity contribution in [3.8, 4) is 0 Å². The molecule has 0 atom stereocenters. The van der Waals surface area contributed by atoms with Crippen LogP contribution in [0.15, 0.2) is 0 Å². The molecule has 2 heteroatoms. The van der Waals surface area contributed by atoms with E-state index in [0.717, 1.165) is 6.71 Å². The molecule has 0 saturated heterocycles. The predicted molar refractivity (Wildman–Crippen MR) is 58.6 cm³/mol. The summed E-state index contributed by atoms with van der Waals surface area (Å²) in [6.45, 7) is 7.92. The van der Waals surface area contributed by atoms with E-state index in [9.17, 15) is 0 Å². The molecule has 0 fully saturated rings. The van der Waals surface area contributed by atoms with Gasteiger partial charge >= 0.3 is 0 Å². The van der Waals surface area contributed by atoms with Crippen LogP contribution in [0.5, 0.6) is 0 Å². The Balaban J connectivity index is 3.02. The fraction of sp³-hybridized carbons (Fsp3) is 1.00. The first-order chi connectivity index (χ1) is 5.31. The average molecular weight is 152 g/mol. The summed E-state index contributed by atoms with van der Waals surface area (Å²) in [6, 6.07) is 0. The van der Waals surface area contributed by atoms with Crippen LogP contribution in [0.2, 0.25) is 32.6 Å². The van der Waals surface area contributed by atoms with Gasteiger partial charge in [0.2, 0.25) is 0 Å². The first kappa shape index (κ1) is 11.1. The Hall–Kier alpha value is 0.130. The van der Waals surface area contributed by atoms with Crippen molar-refractivity contribution in [3.63, 3.8) is 0 Å². The van der Waals surface area contributed by atoms with Crippen molar-refractivity contribution >= 4 is 14.0 Å². The molecule has 0 aliphatic rings. The summed E-state index contributed by atoms with van der Waals surface area (Å²) >= 11 is 0. The third-order valence-corrected chi connectivity index (χ3v) is 2.35. The predicted octanol–water partition coefficient (Wildman–Crippen LogP) is 3.20. The molecular weight excluding hydrogens is 130 g/mol. The lowest BCUT2D eigenvalue weighted by atomic mass is 9.45. The molecule has 0 bridgehead atoms. The third kappa shape index (κ3) is 8.03. The zero-order valence-electron chi connectivity index (χ0n) is 8.53. The maximum absolute atomic E-state index is 2.39. The van der Waals surface area contributed by atoms with Gasteiger partial charge in [-0.15, -0.1) is 0 Å². The van der Waals surface area contributed by atoms with Crippen LogP contribution < -0.4 is 0 Å². The minimum Gasteiger partial charge on any atom is -0.0893 e. The van der Waals surface area contributed by atoms with Gasteiger partial charge in [-0.25, -0.2) is 0 Å². The first-order valence-electron chi connectivity index (χ1n) is 5.31. The van der Waals surface area contributed by atoms with Crippen molar-refractivity contribution in [2.24, 2.45) is 0 Å². The van der Waals surface area contributed by atoms with Crippen LogP contribution in [0.4, 0.5) is 0 Å². The Morgan fingerprint density at radius 1 is 1.18 bits per heavy atom. The molecule has 0 saturated carbocycles. The summed E-state index contributed by atoms with van der Waals surface area (Å²) < 4.78 is 0. The van der Waals surface area contributed by atoms with E-state index >= 15 is 0 Å². The Morgan fingerprint density at radius 2 is 1.82 bits per heavy atom. The molecule has 0 aromatic rings. The van der Waals surface area contributed by atoms with Gasteiger partial charge < -0.3 is 0 Å².